The zero-order chi connectivity index (χ0) is 19.9. The normalized spacial score (nSPS) is 10.4. The Balaban J connectivity index is 1.70. The largest absolute Gasteiger partial charge is 0.337 e. The summed E-state index contributed by atoms with van der Waals surface area (Å²) >= 11 is 5.88. The Morgan fingerprint density at radius 1 is 0.857 bits per heavy atom. The number of rotatable bonds is 6. The van der Waals surface area contributed by atoms with Crippen molar-refractivity contribution >= 4 is 29.1 Å². The predicted molar refractivity (Wildman–Crippen MR) is 112 cm³/mol. The second kappa shape index (κ2) is 9.20. The molecule has 5 heteroatoms. The van der Waals surface area contributed by atoms with Gasteiger partial charge in [-0.15, -0.1) is 0 Å². The Hall–Kier alpha value is -3.11. The van der Waals surface area contributed by atoms with Gasteiger partial charge >= 0.3 is 0 Å². The fraction of sp³-hybridized carbons (Fsp3) is 0.130. The summed E-state index contributed by atoms with van der Waals surface area (Å²) in [4.78, 5) is 27.0. The van der Waals surface area contributed by atoms with Gasteiger partial charge in [-0.05, 0) is 35.4 Å². The summed E-state index contributed by atoms with van der Waals surface area (Å²) < 4.78 is 0. The quantitative estimate of drug-likeness (QED) is 0.655. The number of nitrogens with zero attached hydrogens (tertiary/aromatic N) is 1. The second-order valence-corrected chi connectivity index (χ2v) is 6.98. The fourth-order valence-corrected chi connectivity index (χ4v) is 3.02. The summed E-state index contributed by atoms with van der Waals surface area (Å²) in [5.74, 6) is -0.334. The minimum atomic E-state index is -0.187. The molecule has 3 rings (SSSR count). The molecule has 0 bridgehead atoms. The molecule has 2 amide bonds. The molecule has 3 aromatic carbocycles. The number of carbonyl (C=O) groups is 2. The highest BCUT2D eigenvalue weighted by Gasteiger charge is 2.17. The Labute approximate surface area is 169 Å². The average Bonchev–Trinajstić information content (AvgIpc) is 2.70. The molecule has 1 N–H and O–H groups in total. The Morgan fingerprint density at radius 2 is 1.50 bits per heavy atom. The van der Waals surface area contributed by atoms with Gasteiger partial charge in [0.05, 0.1) is 17.7 Å². The number of halogens is 1. The molecule has 0 heterocycles. The molecule has 0 saturated carbocycles. The van der Waals surface area contributed by atoms with Crippen molar-refractivity contribution in [2.24, 2.45) is 0 Å². The van der Waals surface area contributed by atoms with Crippen molar-refractivity contribution < 1.29 is 9.59 Å². The molecule has 4 nitrogen and oxygen atoms in total. The maximum absolute atomic E-state index is 12.9. The molecule has 0 atom stereocenters. The van der Waals surface area contributed by atoms with Crippen molar-refractivity contribution in [2.75, 3.05) is 12.4 Å². The summed E-state index contributed by atoms with van der Waals surface area (Å²) in [7, 11) is 1.75. The van der Waals surface area contributed by atoms with Crippen LogP contribution < -0.4 is 5.32 Å². The van der Waals surface area contributed by atoms with Gasteiger partial charge in [0.25, 0.3) is 5.91 Å². The monoisotopic (exact) mass is 392 g/mol. The number of benzene rings is 3. The van der Waals surface area contributed by atoms with E-state index >= 15 is 0 Å². The first kappa shape index (κ1) is 19.6. The maximum atomic E-state index is 12.9. The first-order valence-corrected chi connectivity index (χ1v) is 9.33. The lowest BCUT2D eigenvalue weighted by atomic mass is 10.1. The van der Waals surface area contributed by atoms with Crippen molar-refractivity contribution in [1.29, 1.82) is 0 Å². The van der Waals surface area contributed by atoms with Crippen LogP contribution in [0.5, 0.6) is 0 Å². The Bertz CT molecular complexity index is 956. The van der Waals surface area contributed by atoms with Crippen LogP contribution in [0.3, 0.4) is 0 Å². The minimum absolute atomic E-state index is 0.147. The molecule has 0 spiro atoms. The highest BCUT2D eigenvalue weighted by molar-refractivity contribution is 6.30. The van der Waals surface area contributed by atoms with Crippen molar-refractivity contribution in [2.45, 2.75) is 13.0 Å². The van der Waals surface area contributed by atoms with Crippen LogP contribution in [0.1, 0.15) is 21.5 Å². The van der Waals surface area contributed by atoms with E-state index in [1.807, 2.05) is 42.5 Å². The third-order valence-electron chi connectivity index (χ3n) is 4.32. The molecule has 0 aliphatic carbocycles. The fourth-order valence-electron chi connectivity index (χ4n) is 2.90. The number of hydrogen-bond donors (Lipinski definition) is 1. The summed E-state index contributed by atoms with van der Waals surface area (Å²) in [6.45, 7) is 0.493. The van der Waals surface area contributed by atoms with E-state index in [-0.39, 0.29) is 18.2 Å². The van der Waals surface area contributed by atoms with Crippen molar-refractivity contribution in [3.63, 3.8) is 0 Å². The van der Waals surface area contributed by atoms with Crippen LogP contribution >= 0.6 is 11.6 Å². The predicted octanol–water partition coefficient (Wildman–Crippen LogP) is 4.79. The molecule has 28 heavy (non-hydrogen) atoms. The molecule has 0 aliphatic heterocycles. The minimum Gasteiger partial charge on any atom is -0.337 e. The molecular weight excluding hydrogens is 372 g/mol. The van der Waals surface area contributed by atoms with E-state index in [0.717, 1.165) is 11.1 Å². The van der Waals surface area contributed by atoms with Crippen molar-refractivity contribution in [3.8, 4) is 0 Å². The van der Waals surface area contributed by atoms with Gasteiger partial charge in [-0.3, -0.25) is 9.59 Å². The van der Waals surface area contributed by atoms with Gasteiger partial charge in [0.1, 0.15) is 0 Å². The van der Waals surface area contributed by atoms with Gasteiger partial charge in [-0.2, -0.15) is 0 Å². The molecule has 3 aromatic rings. The van der Waals surface area contributed by atoms with Crippen LogP contribution in [0, 0.1) is 0 Å². The topological polar surface area (TPSA) is 49.4 Å². The highest BCUT2D eigenvalue weighted by Crippen LogP contribution is 2.19. The lowest BCUT2D eigenvalue weighted by Crippen LogP contribution is -2.27. The van der Waals surface area contributed by atoms with E-state index in [1.165, 1.54) is 0 Å². The molecule has 142 valence electrons. The molecule has 0 saturated heterocycles. The zero-order valence-electron chi connectivity index (χ0n) is 15.6. The molecule has 0 aromatic heterocycles. The number of amides is 2. The molecule has 0 aliphatic rings. The lowest BCUT2D eigenvalue weighted by Gasteiger charge is -2.19. The smallest absolute Gasteiger partial charge is 0.256 e. The number of para-hydroxylation sites is 1. The Morgan fingerprint density at radius 3 is 2.21 bits per heavy atom. The maximum Gasteiger partial charge on any atom is 0.256 e. The van der Waals surface area contributed by atoms with E-state index in [9.17, 15) is 9.59 Å². The van der Waals surface area contributed by atoms with Gasteiger partial charge < -0.3 is 10.2 Å². The standard InChI is InChI=1S/C23H21ClN2O2/c1-26(16-18-7-3-2-4-8-18)23(28)20-9-5-6-10-21(20)25-22(27)15-17-11-13-19(24)14-12-17/h2-14H,15-16H2,1H3,(H,25,27). The summed E-state index contributed by atoms with van der Waals surface area (Å²) in [6.07, 6.45) is 0.208. The Kier molecular flexibility index (Phi) is 6.45. The van der Waals surface area contributed by atoms with Crippen molar-refractivity contribution in [3.05, 3.63) is 101 Å². The number of nitrogens with one attached hydrogen (secondary N) is 1. The van der Waals surface area contributed by atoms with Gasteiger partial charge in [-0.1, -0.05) is 66.2 Å². The van der Waals surface area contributed by atoms with Crippen LogP contribution in [0.2, 0.25) is 5.02 Å². The lowest BCUT2D eigenvalue weighted by molar-refractivity contribution is -0.115. The van der Waals surface area contributed by atoms with Crippen LogP contribution in [0.25, 0.3) is 0 Å². The summed E-state index contributed by atoms with van der Waals surface area (Å²) in [5, 5.41) is 3.48. The van der Waals surface area contributed by atoms with E-state index in [2.05, 4.69) is 5.32 Å². The van der Waals surface area contributed by atoms with E-state index < -0.39 is 0 Å². The van der Waals surface area contributed by atoms with Gasteiger partial charge in [0.15, 0.2) is 0 Å². The van der Waals surface area contributed by atoms with Crippen LogP contribution in [0.4, 0.5) is 5.69 Å². The third-order valence-corrected chi connectivity index (χ3v) is 4.57. The van der Waals surface area contributed by atoms with E-state index in [1.54, 1.807) is 48.3 Å². The molecular formula is C23H21ClN2O2. The molecule has 0 fully saturated rings. The van der Waals surface area contributed by atoms with Crippen LogP contribution in [-0.4, -0.2) is 23.8 Å². The third kappa shape index (κ3) is 5.21. The molecule has 0 unspecified atom stereocenters. The first-order chi connectivity index (χ1) is 13.5. The summed E-state index contributed by atoms with van der Waals surface area (Å²) in [6, 6.07) is 24.0. The zero-order valence-corrected chi connectivity index (χ0v) is 16.3. The van der Waals surface area contributed by atoms with E-state index in [4.69, 9.17) is 11.6 Å². The first-order valence-electron chi connectivity index (χ1n) is 8.95. The van der Waals surface area contributed by atoms with Crippen LogP contribution in [-0.2, 0) is 17.8 Å². The molecule has 0 radical (unpaired) electrons. The summed E-state index contributed by atoms with van der Waals surface area (Å²) in [5.41, 5.74) is 2.87. The number of hydrogen-bond acceptors (Lipinski definition) is 2. The average molecular weight is 393 g/mol. The van der Waals surface area contributed by atoms with Gasteiger partial charge in [0.2, 0.25) is 5.91 Å². The number of carbonyl (C=O) groups excluding carboxylic acids is 2. The van der Waals surface area contributed by atoms with Gasteiger partial charge in [-0.25, -0.2) is 0 Å². The van der Waals surface area contributed by atoms with Crippen molar-refractivity contribution in [1.82, 2.24) is 4.90 Å². The number of anilines is 1. The van der Waals surface area contributed by atoms with E-state index in [0.29, 0.717) is 22.8 Å². The van der Waals surface area contributed by atoms with Gasteiger partial charge in [0, 0.05) is 18.6 Å². The second-order valence-electron chi connectivity index (χ2n) is 6.54. The SMILES string of the molecule is CN(Cc1ccccc1)C(=O)c1ccccc1NC(=O)Cc1ccc(Cl)cc1. The van der Waals surface area contributed by atoms with Crippen LogP contribution in [0.15, 0.2) is 78.9 Å². The highest BCUT2D eigenvalue weighted by atomic mass is 35.5.